The van der Waals surface area contributed by atoms with Crippen molar-refractivity contribution in [3.8, 4) is 18.1 Å². The van der Waals surface area contributed by atoms with Crippen LogP contribution in [0, 0.1) is 12.3 Å². The quantitative estimate of drug-likeness (QED) is 0.756. The van der Waals surface area contributed by atoms with E-state index in [1.54, 1.807) is 17.0 Å². The van der Waals surface area contributed by atoms with Crippen molar-refractivity contribution in [3.05, 3.63) is 63.7 Å². The lowest BCUT2D eigenvalue weighted by Gasteiger charge is -2.16. The van der Waals surface area contributed by atoms with Crippen molar-refractivity contribution < 1.29 is 22.7 Å². The van der Waals surface area contributed by atoms with Gasteiger partial charge in [-0.3, -0.25) is 4.79 Å². The second-order valence-electron chi connectivity index (χ2n) is 5.49. The summed E-state index contributed by atoms with van der Waals surface area (Å²) in [7, 11) is 0. The van der Waals surface area contributed by atoms with Gasteiger partial charge < -0.3 is 9.64 Å². The standard InChI is InChI=1S/C18H11ClF3NO2/c1-2-11-7-13-10-23(17(24)16(13)15(19)8-11)9-12-3-5-14(6-4-12)25-18(20,21)22/h1,3-8H,9-10H2. The highest BCUT2D eigenvalue weighted by Gasteiger charge is 2.32. The minimum Gasteiger partial charge on any atom is -0.406 e. The molecule has 1 amide bonds. The van der Waals surface area contributed by atoms with Gasteiger partial charge in [0.05, 0.1) is 10.6 Å². The maximum Gasteiger partial charge on any atom is 0.573 e. The molecule has 3 rings (SSSR count). The molecule has 1 aliphatic rings. The Hall–Kier alpha value is -2.65. The molecule has 0 fully saturated rings. The zero-order valence-corrected chi connectivity index (χ0v) is 13.5. The Kier molecular flexibility index (Phi) is 4.36. The number of terminal acetylenes is 1. The summed E-state index contributed by atoms with van der Waals surface area (Å²) in [6.45, 7) is 0.575. The van der Waals surface area contributed by atoms with E-state index in [1.807, 2.05) is 0 Å². The van der Waals surface area contributed by atoms with Gasteiger partial charge in [0.15, 0.2) is 0 Å². The molecule has 2 aromatic rings. The van der Waals surface area contributed by atoms with Gasteiger partial charge in [-0.15, -0.1) is 19.6 Å². The number of nitrogens with zero attached hydrogens (tertiary/aromatic N) is 1. The van der Waals surface area contributed by atoms with Gasteiger partial charge in [0, 0.05) is 18.7 Å². The van der Waals surface area contributed by atoms with Crippen molar-refractivity contribution in [2.24, 2.45) is 0 Å². The Labute approximate surface area is 147 Å². The first kappa shape index (κ1) is 17.2. The van der Waals surface area contributed by atoms with Gasteiger partial charge in [0.2, 0.25) is 0 Å². The first-order chi connectivity index (χ1) is 11.8. The van der Waals surface area contributed by atoms with Crippen LogP contribution in [0.2, 0.25) is 5.02 Å². The smallest absolute Gasteiger partial charge is 0.406 e. The number of rotatable bonds is 3. The van der Waals surface area contributed by atoms with E-state index in [0.717, 1.165) is 5.56 Å². The number of hydrogen-bond acceptors (Lipinski definition) is 2. The van der Waals surface area contributed by atoms with Gasteiger partial charge in [0.1, 0.15) is 5.75 Å². The van der Waals surface area contributed by atoms with E-state index in [9.17, 15) is 18.0 Å². The molecule has 0 aromatic heterocycles. The minimum atomic E-state index is -4.74. The van der Waals surface area contributed by atoms with Crippen molar-refractivity contribution in [2.45, 2.75) is 19.5 Å². The number of amides is 1. The maximum absolute atomic E-state index is 12.5. The van der Waals surface area contributed by atoms with Crippen molar-refractivity contribution in [3.63, 3.8) is 0 Å². The molecule has 0 aliphatic carbocycles. The number of halogens is 4. The summed E-state index contributed by atoms with van der Waals surface area (Å²) in [5.74, 6) is 1.93. The second kappa shape index (κ2) is 6.34. The molecule has 128 valence electrons. The molecule has 0 spiro atoms. The second-order valence-corrected chi connectivity index (χ2v) is 5.90. The molecule has 25 heavy (non-hydrogen) atoms. The molecule has 0 radical (unpaired) electrons. The number of hydrogen-bond donors (Lipinski definition) is 0. The summed E-state index contributed by atoms with van der Waals surface area (Å²) in [5.41, 5.74) is 2.41. The number of carbonyl (C=O) groups excluding carboxylic acids is 1. The molecular formula is C18H11ClF3NO2. The summed E-state index contributed by atoms with van der Waals surface area (Å²) >= 11 is 6.13. The summed E-state index contributed by atoms with van der Waals surface area (Å²) in [4.78, 5) is 14.0. The third-order valence-electron chi connectivity index (χ3n) is 3.73. The molecule has 1 aliphatic heterocycles. The normalized spacial score (nSPS) is 13.6. The summed E-state index contributed by atoms with van der Waals surface area (Å²) in [5, 5.41) is 0.298. The third kappa shape index (κ3) is 3.72. The van der Waals surface area contributed by atoms with Crippen LogP contribution in [0.1, 0.15) is 27.0 Å². The van der Waals surface area contributed by atoms with E-state index < -0.39 is 6.36 Å². The highest BCUT2D eigenvalue weighted by Crippen LogP contribution is 2.32. The van der Waals surface area contributed by atoms with Crippen molar-refractivity contribution in [1.82, 2.24) is 4.90 Å². The number of ether oxygens (including phenoxy) is 1. The Morgan fingerprint density at radius 1 is 1.24 bits per heavy atom. The molecule has 0 saturated heterocycles. The Morgan fingerprint density at radius 3 is 2.52 bits per heavy atom. The number of alkyl halides is 3. The highest BCUT2D eigenvalue weighted by molar-refractivity contribution is 6.34. The largest absolute Gasteiger partial charge is 0.573 e. The average Bonchev–Trinajstić information content (AvgIpc) is 2.84. The molecule has 7 heteroatoms. The van der Waals surface area contributed by atoms with E-state index in [1.165, 1.54) is 24.3 Å². The lowest BCUT2D eigenvalue weighted by Crippen LogP contribution is -2.23. The molecule has 2 aromatic carbocycles. The summed E-state index contributed by atoms with van der Waals surface area (Å²) < 4.78 is 40.3. The zero-order chi connectivity index (χ0) is 18.2. The zero-order valence-electron chi connectivity index (χ0n) is 12.7. The highest BCUT2D eigenvalue weighted by atomic mass is 35.5. The SMILES string of the molecule is C#Cc1cc(Cl)c2c(c1)CN(Cc1ccc(OC(F)(F)F)cc1)C2=O. The van der Waals surface area contributed by atoms with E-state index in [4.69, 9.17) is 18.0 Å². The fourth-order valence-corrected chi connectivity index (χ4v) is 3.01. The molecule has 1 heterocycles. The number of benzene rings is 2. The first-order valence-electron chi connectivity index (χ1n) is 7.20. The molecule has 3 nitrogen and oxygen atoms in total. The van der Waals surface area contributed by atoms with Crippen LogP contribution in [0.15, 0.2) is 36.4 Å². The van der Waals surface area contributed by atoms with Crippen molar-refractivity contribution in [2.75, 3.05) is 0 Å². The van der Waals surface area contributed by atoms with Crippen LogP contribution in [-0.4, -0.2) is 17.2 Å². The van der Waals surface area contributed by atoms with E-state index in [0.29, 0.717) is 28.3 Å². The van der Waals surface area contributed by atoms with Crippen LogP contribution >= 0.6 is 11.6 Å². The number of fused-ring (bicyclic) bond motifs is 1. The Morgan fingerprint density at radius 2 is 1.92 bits per heavy atom. The summed E-state index contributed by atoms with van der Waals surface area (Å²) in [6.07, 6.45) is 0.628. The maximum atomic E-state index is 12.5. The van der Waals surface area contributed by atoms with E-state index in [2.05, 4.69) is 10.7 Å². The fourth-order valence-electron chi connectivity index (χ4n) is 2.69. The van der Waals surface area contributed by atoms with Gasteiger partial charge >= 0.3 is 6.36 Å². The van der Waals surface area contributed by atoms with Gasteiger partial charge in [-0.1, -0.05) is 29.7 Å². The summed E-state index contributed by atoms with van der Waals surface area (Å²) in [6, 6.07) is 8.67. The number of carbonyl (C=O) groups is 1. The van der Waals surface area contributed by atoms with Gasteiger partial charge in [-0.05, 0) is 35.4 Å². The van der Waals surface area contributed by atoms with Gasteiger partial charge in [0.25, 0.3) is 5.91 Å². The van der Waals surface area contributed by atoms with Gasteiger partial charge in [-0.2, -0.15) is 0 Å². The lowest BCUT2D eigenvalue weighted by atomic mass is 10.1. The monoisotopic (exact) mass is 365 g/mol. The molecule has 0 N–H and O–H groups in total. The average molecular weight is 366 g/mol. The van der Waals surface area contributed by atoms with Crippen LogP contribution in [0.5, 0.6) is 5.75 Å². The van der Waals surface area contributed by atoms with Crippen molar-refractivity contribution >= 4 is 17.5 Å². The molecular weight excluding hydrogens is 355 g/mol. The first-order valence-corrected chi connectivity index (χ1v) is 7.57. The fraction of sp³-hybridized carbons (Fsp3) is 0.167. The Balaban J connectivity index is 1.76. The molecule has 0 bridgehead atoms. The van der Waals surface area contributed by atoms with Crippen LogP contribution in [0.25, 0.3) is 0 Å². The van der Waals surface area contributed by atoms with Crippen LogP contribution in [0.4, 0.5) is 13.2 Å². The van der Waals surface area contributed by atoms with Crippen LogP contribution in [0.3, 0.4) is 0 Å². The predicted octanol–water partition coefficient (Wildman–Crippen LogP) is 4.38. The van der Waals surface area contributed by atoms with Crippen LogP contribution < -0.4 is 4.74 Å². The molecule has 0 saturated carbocycles. The van der Waals surface area contributed by atoms with E-state index in [-0.39, 0.29) is 18.2 Å². The minimum absolute atomic E-state index is 0.237. The molecule has 0 unspecified atom stereocenters. The third-order valence-corrected chi connectivity index (χ3v) is 4.03. The van der Waals surface area contributed by atoms with Crippen molar-refractivity contribution in [1.29, 1.82) is 0 Å². The predicted molar refractivity (Wildman–Crippen MR) is 86.1 cm³/mol. The lowest BCUT2D eigenvalue weighted by molar-refractivity contribution is -0.274. The van der Waals surface area contributed by atoms with Crippen LogP contribution in [-0.2, 0) is 13.1 Å². The molecule has 0 atom stereocenters. The topological polar surface area (TPSA) is 29.5 Å². The Bertz CT molecular complexity index is 870. The van der Waals surface area contributed by atoms with Gasteiger partial charge in [-0.25, -0.2) is 0 Å². The van der Waals surface area contributed by atoms with E-state index >= 15 is 0 Å².